The van der Waals surface area contributed by atoms with Gasteiger partial charge in [0, 0.05) is 44.4 Å². The molecule has 0 radical (unpaired) electrons. The van der Waals surface area contributed by atoms with Crippen molar-refractivity contribution in [1.29, 1.82) is 0 Å². The summed E-state index contributed by atoms with van der Waals surface area (Å²) < 4.78 is 41.6. The molecule has 0 aromatic heterocycles. The van der Waals surface area contributed by atoms with Gasteiger partial charge in [0.1, 0.15) is 5.75 Å². The van der Waals surface area contributed by atoms with Crippen molar-refractivity contribution >= 4 is 11.6 Å². The maximum absolute atomic E-state index is 12.3. The van der Waals surface area contributed by atoms with Crippen LogP contribution in [0.3, 0.4) is 0 Å². The molecular formula is C18H25F3N2O2. The fourth-order valence-electron chi connectivity index (χ4n) is 2.71. The number of benzene rings is 1. The number of hydrogen-bond acceptors (Lipinski definition) is 3. The molecule has 0 saturated carbocycles. The van der Waals surface area contributed by atoms with Gasteiger partial charge in [-0.1, -0.05) is 26.8 Å². The van der Waals surface area contributed by atoms with Gasteiger partial charge in [0.25, 0.3) is 0 Å². The van der Waals surface area contributed by atoms with Gasteiger partial charge in [-0.25, -0.2) is 0 Å². The zero-order valence-corrected chi connectivity index (χ0v) is 14.9. The topological polar surface area (TPSA) is 32.8 Å². The van der Waals surface area contributed by atoms with Crippen molar-refractivity contribution in [3.05, 3.63) is 24.3 Å². The molecule has 0 atom stereocenters. The van der Waals surface area contributed by atoms with Gasteiger partial charge in [-0.15, -0.1) is 0 Å². The summed E-state index contributed by atoms with van der Waals surface area (Å²) in [7, 11) is 0. The summed E-state index contributed by atoms with van der Waals surface area (Å²) in [6, 6.07) is 6.64. The number of carbonyl (C=O) groups is 1. The summed E-state index contributed by atoms with van der Waals surface area (Å²) in [5.41, 5.74) is 0.765. The summed E-state index contributed by atoms with van der Waals surface area (Å²) >= 11 is 0. The van der Waals surface area contributed by atoms with Crippen LogP contribution in [0.15, 0.2) is 24.3 Å². The van der Waals surface area contributed by atoms with E-state index < -0.39 is 12.8 Å². The summed E-state index contributed by atoms with van der Waals surface area (Å²) in [5.74, 6) is 0.343. The summed E-state index contributed by atoms with van der Waals surface area (Å²) in [4.78, 5) is 16.2. The van der Waals surface area contributed by atoms with E-state index in [1.165, 1.54) is 6.07 Å². The molecule has 4 nitrogen and oxygen atoms in total. The molecule has 25 heavy (non-hydrogen) atoms. The van der Waals surface area contributed by atoms with Gasteiger partial charge >= 0.3 is 6.18 Å². The van der Waals surface area contributed by atoms with Gasteiger partial charge in [0.05, 0.1) is 0 Å². The van der Waals surface area contributed by atoms with Crippen LogP contribution in [0.25, 0.3) is 0 Å². The molecular weight excluding hydrogens is 333 g/mol. The second kappa shape index (κ2) is 7.54. The molecule has 1 aromatic carbocycles. The number of carbonyl (C=O) groups excluding carboxylic acids is 1. The van der Waals surface area contributed by atoms with Crippen LogP contribution >= 0.6 is 0 Å². The standard InChI is InChI=1S/C18H25F3N2O2/c1-17(2,3)12-16(24)23-9-7-22(8-10-23)14-5-4-6-15(11-14)25-13-18(19,20)21/h4-6,11H,7-10,12-13H2,1-3H3. The van der Waals surface area contributed by atoms with Gasteiger partial charge in [-0.3, -0.25) is 4.79 Å². The molecule has 0 unspecified atom stereocenters. The van der Waals surface area contributed by atoms with Gasteiger partial charge in [0.15, 0.2) is 6.61 Å². The number of rotatable bonds is 4. The van der Waals surface area contributed by atoms with E-state index in [4.69, 9.17) is 4.74 Å². The van der Waals surface area contributed by atoms with E-state index in [1.54, 1.807) is 12.1 Å². The zero-order valence-electron chi connectivity index (χ0n) is 14.9. The Bertz CT molecular complexity index is 589. The molecule has 1 amide bonds. The monoisotopic (exact) mass is 358 g/mol. The highest BCUT2D eigenvalue weighted by atomic mass is 19.4. The Morgan fingerprint density at radius 2 is 1.76 bits per heavy atom. The van der Waals surface area contributed by atoms with E-state index >= 15 is 0 Å². The van der Waals surface area contributed by atoms with Crippen LogP contribution in [-0.2, 0) is 4.79 Å². The van der Waals surface area contributed by atoms with E-state index in [1.807, 2.05) is 31.7 Å². The normalized spacial score (nSPS) is 16.1. The number of nitrogens with zero attached hydrogens (tertiary/aromatic N) is 2. The minimum Gasteiger partial charge on any atom is -0.484 e. The lowest BCUT2D eigenvalue weighted by atomic mass is 9.91. The quantitative estimate of drug-likeness (QED) is 0.823. The average molecular weight is 358 g/mol. The molecule has 2 rings (SSSR count). The van der Waals surface area contributed by atoms with Gasteiger partial charge in [-0.2, -0.15) is 13.2 Å². The van der Waals surface area contributed by atoms with Crippen LogP contribution in [0.2, 0.25) is 0 Å². The minimum absolute atomic E-state index is 0.0433. The molecule has 0 N–H and O–H groups in total. The SMILES string of the molecule is CC(C)(C)CC(=O)N1CCN(c2cccc(OCC(F)(F)F)c2)CC1. The third kappa shape index (κ3) is 6.48. The lowest BCUT2D eigenvalue weighted by Gasteiger charge is -2.37. The molecule has 140 valence electrons. The van der Waals surface area contributed by atoms with Gasteiger partial charge < -0.3 is 14.5 Å². The Morgan fingerprint density at radius 3 is 2.32 bits per heavy atom. The Labute approximate surface area is 146 Å². The number of halogens is 3. The predicted molar refractivity (Wildman–Crippen MR) is 90.9 cm³/mol. The van der Waals surface area contributed by atoms with Crippen molar-refractivity contribution in [2.24, 2.45) is 5.41 Å². The smallest absolute Gasteiger partial charge is 0.422 e. The first-order valence-corrected chi connectivity index (χ1v) is 8.36. The Hall–Kier alpha value is -1.92. The fourth-order valence-corrected chi connectivity index (χ4v) is 2.71. The molecule has 7 heteroatoms. The number of hydrogen-bond donors (Lipinski definition) is 0. The van der Waals surface area contributed by atoms with Crippen molar-refractivity contribution in [2.75, 3.05) is 37.7 Å². The molecule has 1 heterocycles. The van der Waals surface area contributed by atoms with E-state index in [-0.39, 0.29) is 17.1 Å². The molecule has 1 aromatic rings. The highest BCUT2D eigenvalue weighted by Gasteiger charge is 2.29. The number of anilines is 1. The highest BCUT2D eigenvalue weighted by Crippen LogP contribution is 2.25. The summed E-state index contributed by atoms with van der Waals surface area (Å²) in [6.45, 7) is 7.34. The third-order valence-corrected chi connectivity index (χ3v) is 3.90. The molecule has 1 aliphatic rings. The van der Waals surface area contributed by atoms with Crippen molar-refractivity contribution in [3.8, 4) is 5.75 Å². The minimum atomic E-state index is -4.35. The van der Waals surface area contributed by atoms with E-state index in [0.29, 0.717) is 32.6 Å². The first-order valence-electron chi connectivity index (χ1n) is 8.36. The largest absolute Gasteiger partial charge is 0.484 e. The van der Waals surface area contributed by atoms with Gasteiger partial charge in [0.2, 0.25) is 5.91 Å². The van der Waals surface area contributed by atoms with E-state index in [0.717, 1.165) is 5.69 Å². The van der Waals surface area contributed by atoms with Crippen molar-refractivity contribution in [2.45, 2.75) is 33.4 Å². The van der Waals surface area contributed by atoms with E-state index in [9.17, 15) is 18.0 Å². The Morgan fingerprint density at radius 1 is 1.12 bits per heavy atom. The van der Waals surface area contributed by atoms with Crippen LogP contribution < -0.4 is 9.64 Å². The number of piperazine rings is 1. The van der Waals surface area contributed by atoms with Gasteiger partial charge in [-0.05, 0) is 17.5 Å². The number of alkyl halides is 3. The lowest BCUT2D eigenvalue weighted by molar-refractivity contribution is -0.153. The second-order valence-corrected chi connectivity index (χ2v) is 7.51. The Kier molecular flexibility index (Phi) is 5.85. The van der Waals surface area contributed by atoms with Crippen LogP contribution in [0.4, 0.5) is 18.9 Å². The first-order chi connectivity index (χ1) is 11.5. The van der Waals surface area contributed by atoms with Crippen LogP contribution in [0.5, 0.6) is 5.75 Å². The van der Waals surface area contributed by atoms with Crippen molar-refractivity contribution in [1.82, 2.24) is 4.90 Å². The van der Waals surface area contributed by atoms with Crippen LogP contribution in [0.1, 0.15) is 27.2 Å². The summed E-state index contributed by atoms with van der Waals surface area (Å²) in [6.07, 6.45) is -3.84. The molecule has 0 bridgehead atoms. The third-order valence-electron chi connectivity index (χ3n) is 3.90. The molecule has 0 aliphatic carbocycles. The molecule has 1 saturated heterocycles. The second-order valence-electron chi connectivity index (χ2n) is 7.51. The van der Waals surface area contributed by atoms with E-state index in [2.05, 4.69) is 4.90 Å². The molecule has 1 aliphatic heterocycles. The van der Waals surface area contributed by atoms with Crippen LogP contribution in [0, 0.1) is 5.41 Å². The molecule has 1 fully saturated rings. The maximum atomic E-state index is 12.3. The van der Waals surface area contributed by atoms with Crippen molar-refractivity contribution < 1.29 is 22.7 Å². The molecule has 0 spiro atoms. The fraction of sp³-hybridized carbons (Fsp3) is 0.611. The zero-order chi connectivity index (χ0) is 18.7. The highest BCUT2D eigenvalue weighted by molar-refractivity contribution is 5.77. The van der Waals surface area contributed by atoms with Crippen molar-refractivity contribution in [3.63, 3.8) is 0 Å². The van der Waals surface area contributed by atoms with Crippen LogP contribution in [-0.4, -0.2) is 49.8 Å². The number of amides is 1. The number of ether oxygens (including phenoxy) is 1. The lowest BCUT2D eigenvalue weighted by Crippen LogP contribution is -2.49. The predicted octanol–water partition coefficient (Wildman–Crippen LogP) is 3.71. The average Bonchev–Trinajstić information content (AvgIpc) is 2.51. The first kappa shape index (κ1) is 19.4. The maximum Gasteiger partial charge on any atom is 0.422 e. The Balaban J connectivity index is 1.91. The summed E-state index contributed by atoms with van der Waals surface area (Å²) in [5, 5.41) is 0.